The van der Waals surface area contributed by atoms with Crippen LogP contribution in [0.25, 0.3) is 5.65 Å². The first kappa shape index (κ1) is 55.7. The van der Waals surface area contributed by atoms with Gasteiger partial charge in [0.25, 0.3) is 5.91 Å². The molecule has 19 heteroatoms. The van der Waals surface area contributed by atoms with Gasteiger partial charge in [0.1, 0.15) is 41.1 Å². The first-order chi connectivity index (χ1) is 34.9. The lowest BCUT2D eigenvalue weighted by Gasteiger charge is -2.36. The zero-order valence-corrected chi connectivity index (χ0v) is 43.8. The van der Waals surface area contributed by atoms with E-state index in [1.165, 1.54) is 27.7 Å². The van der Waals surface area contributed by atoms with E-state index in [4.69, 9.17) is 4.74 Å². The Labute approximate surface area is 428 Å². The van der Waals surface area contributed by atoms with E-state index in [-0.39, 0.29) is 80.1 Å². The third-order valence-corrected chi connectivity index (χ3v) is 13.7. The number of likely N-dealkylation sites (tertiary alicyclic amines) is 1. The Morgan fingerprint density at radius 2 is 1.62 bits per heavy atom. The lowest BCUT2D eigenvalue weighted by atomic mass is 9.85. The number of likely N-dealkylation sites (N-methyl/N-ethyl adjacent to an activating group) is 1. The molecule has 6 N–H and O–H groups in total. The Hall–Kier alpha value is -6.63. The Morgan fingerprint density at radius 1 is 0.918 bits per heavy atom. The Morgan fingerprint density at radius 3 is 2.30 bits per heavy atom. The molecule has 4 heterocycles. The number of anilines is 1. The number of rotatable bonds is 21. The van der Waals surface area contributed by atoms with E-state index in [2.05, 4.69) is 42.0 Å². The number of fused-ring (bicyclic) bond motifs is 2. The third-order valence-electron chi connectivity index (χ3n) is 13.7. The van der Waals surface area contributed by atoms with E-state index in [0.717, 1.165) is 31.2 Å². The van der Waals surface area contributed by atoms with Crippen molar-refractivity contribution < 1.29 is 37.9 Å². The maximum absolute atomic E-state index is 14.4. The maximum atomic E-state index is 14.4. The van der Waals surface area contributed by atoms with E-state index in [0.29, 0.717) is 60.4 Å². The number of nitrogens with zero attached hydrogens (tertiary/aromatic N) is 5. The summed E-state index contributed by atoms with van der Waals surface area (Å²) in [6.07, 6.45) is 9.01. The van der Waals surface area contributed by atoms with Gasteiger partial charge in [-0.05, 0) is 88.7 Å². The lowest BCUT2D eigenvalue weighted by molar-refractivity contribution is -0.144. The molecule has 0 unspecified atom stereocenters. The highest BCUT2D eigenvalue weighted by Crippen LogP contribution is 2.31. The van der Waals surface area contributed by atoms with Gasteiger partial charge in [-0.2, -0.15) is 5.10 Å². The van der Waals surface area contributed by atoms with E-state index >= 15 is 0 Å². The number of halogens is 1. The summed E-state index contributed by atoms with van der Waals surface area (Å²) in [6.45, 7) is 13.8. The van der Waals surface area contributed by atoms with Crippen molar-refractivity contribution in [3.63, 3.8) is 0 Å². The summed E-state index contributed by atoms with van der Waals surface area (Å²) in [5.74, 6) is -1.02. The first-order valence-electron chi connectivity index (χ1n) is 25.9. The summed E-state index contributed by atoms with van der Waals surface area (Å²) in [5.41, 5.74) is 1.56. The number of carbonyl (C=O) groups excluding carboxylic acids is 6. The largest absolute Gasteiger partial charge is 0.489 e. The monoisotopic (exact) mass is 1010 g/mol. The summed E-state index contributed by atoms with van der Waals surface area (Å²) in [4.78, 5) is 89.5. The molecular formula is C54H76FN11O7. The second-order valence-electron chi connectivity index (χ2n) is 20.5. The molecule has 1 fully saturated rings. The van der Waals surface area contributed by atoms with Crippen LogP contribution in [0.2, 0.25) is 0 Å². The van der Waals surface area contributed by atoms with Crippen molar-refractivity contribution >= 4 is 46.9 Å². The SMILES string of the molecule is CC[C@@H](NC(=O)[C@@H]1C[C@H](NC(=O)CCCCCCCCC(=O)NCCN2C[C@H](C)Oc3ccc(F)cc3[C@@H](C)Nc3ccn4ncc(c4n3)C2=O)CN1C(=O)[C@@H](NC(=O)[C@H](C)NC)C(C)(C)C)c1ccccc1. The Kier molecular flexibility index (Phi) is 19.7. The summed E-state index contributed by atoms with van der Waals surface area (Å²) in [7, 11) is 1.67. The zero-order chi connectivity index (χ0) is 52.8. The van der Waals surface area contributed by atoms with Crippen LogP contribution < -0.4 is 36.6 Å². The molecule has 73 heavy (non-hydrogen) atoms. The minimum Gasteiger partial charge on any atom is -0.489 e. The number of carbonyl (C=O) groups is 6. The maximum Gasteiger partial charge on any atom is 0.259 e. The lowest BCUT2D eigenvalue weighted by Crippen LogP contribution is -2.59. The van der Waals surface area contributed by atoms with E-state index in [1.54, 1.807) is 37.2 Å². The van der Waals surface area contributed by atoms with Gasteiger partial charge in [-0.15, -0.1) is 0 Å². The van der Waals surface area contributed by atoms with Crippen LogP contribution in [-0.2, 0) is 24.0 Å². The van der Waals surface area contributed by atoms with Crippen LogP contribution in [0.5, 0.6) is 5.75 Å². The topological polar surface area (TPSA) is 220 Å². The van der Waals surface area contributed by atoms with Crippen LogP contribution in [0, 0.1) is 11.2 Å². The third kappa shape index (κ3) is 15.2. The number of unbranched alkanes of at least 4 members (excludes halogenated alkanes) is 5. The number of benzene rings is 2. The van der Waals surface area contributed by atoms with Gasteiger partial charge in [-0.25, -0.2) is 13.9 Å². The molecule has 2 aromatic heterocycles. The number of ether oxygens (including phenoxy) is 1. The molecule has 0 spiro atoms. The highest BCUT2D eigenvalue weighted by Gasteiger charge is 2.46. The molecule has 2 bridgehead atoms. The van der Waals surface area contributed by atoms with E-state index < -0.39 is 41.5 Å². The molecule has 396 valence electrons. The average molecular weight is 1010 g/mol. The molecule has 18 nitrogen and oxygen atoms in total. The van der Waals surface area contributed by atoms with Crippen LogP contribution in [-0.4, -0.2) is 123 Å². The molecule has 6 amide bonds. The summed E-state index contributed by atoms with van der Waals surface area (Å²) in [6, 6.07) is 12.4. The minimum absolute atomic E-state index is 0.118. The zero-order valence-electron chi connectivity index (χ0n) is 43.8. The number of hydrogen-bond donors (Lipinski definition) is 6. The first-order valence-corrected chi connectivity index (χ1v) is 25.9. The molecule has 6 rings (SSSR count). The molecular weight excluding hydrogens is 934 g/mol. The van der Waals surface area contributed by atoms with Crippen LogP contribution in [0.1, 0.15) is 146 Å². The summed E-state index contributed by atoms with van der Waals surface area (Å²) < 4.78 is 22.2. The highest BCUT2D eigenvalue weighted by atomic mass is 19.1. The number of aromatic nitrogens is 3. The summed E-state index contributed by atoms with van der Waals surface area (Å²) in [5, 5.41) is 22.6. The van der Waals surface area contributed by atoms with Crippen LogP contribution >= 0.6 is 0 Å². The van der Waals surface area contributed by atoms with Gasteiger partial charge >= 0.3 is 0 Å². The Balaban J connectivity index is 0.943. The van der Waals surface area contributed by atoms with Gasteiger partial charge in [0.05, 0.1) is 30.9 Å². The van der Waals surface area contributed by atoms with Gasteiger partial charge in [-0.3, -0.25) is 28.8 Å². The second kappa shape index (κ2) is 25.8. The fourth-order valence-electron chi connectivity index (χ4n) is 9.39. The quantitative estimate of drug-likeness (QED) is 0.0533. The highest BCUT2D eigenvalue weighted by molar-refractivity contribution is 6.00. The molecule has 0 saturated carbocycles. The van der Waals surface area contributed by atoms with Gasteiger partial charge in [-0.1, -0.05) is 83.7 Å². The number of nitrogens with one attached hydrogen (secondary N) is 6. The smallest absolute Gasteiger partial charge is 0.259 e. The van der Waals surface area contributed by atoms with Crippen LogP contribution in [0.4, 0.5) is 10.2 Å². The second-order valence-corrected chi connectivity index (χ2v) is 20.5. The number of amides is 6. The molecule has 0 radical (unpaired) electrons. The molecule has 0 aliphatic carbocycles. The van der Waals surface area contributed by atoms with Gasteiger partial charge < -0.3 is 46.4 Å². The van der Waals surface area contributed by atoms with Crippen molar-refractivity contribution in [1.82, 2.24) is 51.0 Å². The predicted octanol–water partition coefficient (Wildman–Crippen LogP) is 5.99. The molecule has 2 aliphatic rings. The minimum atomic E-state index is -0.914. The molecule has 2 aromatic carbocycles. The van der Waals surface area contributed by atoms with Gasteiger partial charge in [0.15, 0.2) is 5.65 Å². The van der Waals surface area contributed by atoms with Crippen molar-refractivity contribution in [2.45, 2.75) is 155 Å². The van der Waals surface area contributed by atoms with Gasteiger partial charge in [0, 0.05) is 50.3 Å². The Bertz CT molecular complexity index is 2530. The number of hydrogen-bond acceptors (Lipinski definition) is 11. The van der Waals surface area contributed by atoms with Crippen molar-refractivity contribution in [2.75, 3.05) is 38.5 Å². The normalized spacial score (nSPS) is 19.3. The fraction of sp³-hybridized carbons (Fsp3) is 0.556. The molecule has 7 atom stereocenters. The summed E-state index contributed by atoms with van der Waals surface area (Å²) >= 11 is 0. The van der Waals surface area contributed by atoms with E-state index in [1.807, 2.05) is 71.9 Å². The fourth-order valence-corrected chi connectivity index (χ4v) is 9.39. The standard InChI is InChI=1S/C54H76FN11O7/c1-9-42(37-19-15-14-16-20-37)61-51(70)43-30-39(33-65(43)53(72)48(54(5,6)7)63-50(69)36(4)56-8)60-47(68)22-18-13-11-10-12-17-21-46(67)57-26-28-64-32-34(2)73-44-24-23-38(55)29-40(44)35(3)59-45-25-27-66-49(62-45)41(31-58-66)52(64)71/h14-16,19-20,23-25,27,29,31,34-36,39,42-43,48,56H,9-13,17-18,21-22,26,28,30,32-33H2,1-8H3,(H,57,67)(H,59,62)(H,60,68)(H,61,70)(H,63,69)/t34-,35+,36-,39-,42+,43-,48+/m0/s1. The average Bonchev–Trinajstić information content (AvgIpc) is 3.99. The van der Waals surface area contributed by atoms with E-state index in [9.17, 15) is 33.2 Å². The molecule has 4 aromatic rings. The van der Waals surface area contributed by atoms with Crippen molar-refractivity contribution in [2.24, 2.45) is 5.41 Å². The molecule has 2 aliphatic heterocycles. The van der Waals surface area contributed by atoms with Crippen LogP contribution in [0.3, 0.4) is 0 Å². The van der Waals surface area contributed by atoms with Crippen LogP contribution in [0.15, 0.2) is 67.0 Å². The molecule has 1 saturated heterocycles. The predicted molar refractivity (Wildman–Crippen MR) is 277 cm³/mol. The van der Waals surface area contributed by atoms with Crippen molar-refractivity contribution in [3.8, 4) is 5.75 Å². The van der Waals surface area contributed by atoms with Crippen molar-refractivity contribution in [1.29, 1.82) is 0 Å². The van der Waals surface area contributed by atoms with Crippen molar-refractivity contribution in [3.05, 3.63) is 89.5 Å². The van der Waals surface area contributed by atoms with Gasteiger partial charge in [0.2, 0.25) is 29.5 Å².